The van der Waals surface area contributed by atoms with Gasteiger partial charge >= 0.3 is 6.16 Å². The fraction of sp³-hybridized carbons (Fsp3) is 0.350. The Morgan fingerprint density at radius 2 is 1.82 bits per heavy atom. The van der Waals surface area contributed by atoms with Crippen molar-refractivity contribution in [2.75, 3.05) is 13.7 Å². The van der Waals surface area contributed by atoms with Crippen molar-refractivity contribution in [3.63, 3.8) is 0 Å². The second kappa shape index (κ2) is 10.1. The van der Waals surface area contributed by atoms with Crippen molar-refractivity contribution >= 4 is 17.8 Å². The van der Waals surface area contributed by atoms with Crippen LogP contribution < -0.4 is 14.2 Å². The first-order chi connectivity index (χ1) is 13.4. The van der Waals surface area contributed by atoms with Gasteiger partial charge < -0.3 is 18.9 Å². The van der Waals surface area contributed by atoms with Crippen LogP contribution in [0.3, 0.4) is 0 Å². The number of hydrogen-bond acceptors (Lipinski definition) is 5. The number of carbonyl (C=O) groups is 1. The van der Waals surface area contributed by atoms with Crippen molar-refractivity contribution in [3.8, 4) is 17.2 Å². The summed E-state index contributed by atoms with van der Waals surface area (Å²) in [5.41, 5.74) is 0.727. The van der Waals surface area contributed by atoms with Crippen molar-refractivity contribution in [2.45, 2.75) is 33.3 Å². The lowest BCUT2D eigenvalue weighted by Crippen LogP contribution is -2.11. The molecule has 0 N–H and O–H groups in total. The van der Waals surface area contributed by atoms with Crippen molar-refractivity contribution in [1.29, 1.82) is 0 Å². The maximum atomic E-state index is 13.5. The Kier molecular flexibility index (Phi) is 7.87. The number of carbonyl (C=O) groups excluding carboxylic acids is 1. The molecule has 0 spiro atoms. The summed E-state index contributed by atoms with van der Waals surface area (Å²) in [5.74, 6) is 0.499. The first-order valence-corrected chi connectivity index (χ1v) is 9.02. The molecule has 0 amide bonds. The maximum absolute atomic E-state index is 13.5. The lowest BCUT2D eigenvalue weighted by molar-refractivity contribution is 0.120. The molecular formula is C20H21ClF2O5. The molecule has 8 heteroatoms. The van der Waals surface area contributed by atoms with Gasteiger partial charge in [-0.15, -0.1) is 0 Å². The zero-order valence-electron chi connectivity index (χ0n) is 15.8. The average molecular weight is 415 g/mol. The van der Waals surface area contributed by atoms with Crippen molar-refractivity contribution in [3.05, 3.63) is 52.0 Å². The van der Waals surface area contributed by atoms with Crippen molar-refractivity contribution in [1.82, 2.24) is 0 Å². The van der Waals surface area contributed by atoms with Crippen molar-refractivity contribution in [2.24, 2.45) is 0 Å². The van der Waals surface area contributed by atoms with Gasteiger partial charge in [-0.2, -0.15) is 0 Å². The number of halogens is 3. The molecule has 2 rings (SSSR count). The molecule has 0 aliphatic rings. The number of aryl methyl sites for hydroxylation is 1. The zero-order chi connectivity index (χ0) is 20.7. The van der Waals surface area contributed by atoms with Gasteiger partial charge in [0.15, 0.2) is 0 Å². The molecule has 0 aromatic heterocycles. The Morgan fingerprint density at radius 1 is 1.11 bits per heavy atom. The summed E-state index contributed by atoms with van der Waals surface area (Å²) < 4.78 is 47.7. The molecule has 0 heterocycles. The summed E-state index contributed by atoms with van der Waals surface area (Å²) in [6, 6.07) is 7.52. The van der Waals surface area contributed by atoms with Crippen LogP contribution in [-0.2, 0) is 17.8 Å². The summed E-state index contributed by atoms with van der Waals surface area (Å²) in [6.07, 6.45) is -3.13. The third-order valence-corrected chi connectivity index (χ3v) is 4.27. The molecule has 2 aromatic carbocycles. The Bertz CT molecular complexity index is 826. The van der Waals surface area contributed by atoms with Crippen molar-refractivity contribution < 1.29 is 32.5 Å². The highest BCUT2D eigenvalue weighted by Gasteiger charge is 2.20. The lowest BCUT2D eigenvalue weighted by atomic mass is 10.1. The third kappa shape index (κ3) is 5.25. The van der Waals surface area contributed by atoms with E-state index in [-0.39, 0.29) is 23.7 Å². The normalized spacial score (nSPS) is 10.7. The Labute approximate surface area is 167 Å². The SMILES string of the molecule is CCOc1cccc(OC(=O)OC)c1COc1cc(Cl)c(CC)cc1C(F)F. The number of hydrogen-bond donors (Lipinski definition) is 0. The predicted octanol–water partition coefficient (Wildman–Crippen LogP) is 5.96. The van der Waals surface area contributed by atoms with Crippen LogP contribution in [0.2, 0.25) is 5.02 Å². The molecule has 0 radical (unpaired) electrons. The minimum absolute atomic E-state index is 0.0486. The van der Waals surface area contributed by atoms with Crippen LogP contribution >= 0.6 is 11.6 Å². The molecule has 0 bridgehead atoms. The van der Waals surface area contributed by atoms with Gasteiger partial charge in [-0.1, -0.05) is 24.6 Å². The minimum Gasteiger partial charge on any atom is -0.493 e. The van der Waals surface area contributed by atoms with Gasteiger partial charge in [0.25, 0.3) is 6.43 Å². The number of benzene rings is 2. The smallest absolute Gasteiger partial charge is 0.493 e. The van der Waals surface area contributed by atoms with E-state index in [2.05, 4.69) is 4.74 Å². The van der Waals surface area contributed by atoms with Crippen LogP contribution in [0, 0.1) is 0 Å². The number of rotatable bonds is 8. The Hall–Kier alpha value is -2.54. The van der Waals surface area contributed by atoms with Gasteiger partial charge in [0, 0.05) is 5.02 Å². The van der Waals surface area contributed by atoms with Crippen LogP contribution in [0.5, 0.6) is 17.2 Å². The monoisotopic (exact) mass is 414 g/mol. The molecule has 0 saturated carbocycles. The van der Waals surface area contributed by atoms with E-state index < -0.39 is 12.6 Å². The number of alkyl halides is 2. The minimum atomic E-state index is -2.73. The first-order valence-electron chi connectivity index (χ1n) is 8.64. The van der Waals surface area contributed by atoms with Crippen LogP contribution in [0.25, 0.3) is 0 Å². The van der Waals surface area contributed by atoms with E-state index in [9.17, 15) is 13.6 Å². The molecule has 0 aliphatic heterocycles. The standard InChI is InChI=1S/C20H21ClF2O5/c1-4-12-9-13(19(22)23)18(10-15(12)21)27-11-14-16(26-5-2)7-6-8-17(14)28-20(24)25-3/h6-10,19H,4-5,11H2,1-3H3. The summed E-state index contributed by atoms with van der Waals surface area (Å²) in [6.45, 7) is 3.79. The largest absolute Gasteiger partial charge is 0.513 e. The molecule has 152 valence electrons. The fourth-order valence-corrected chi connectivity index (χ4v) is 2.83. The van der Waals surface area contributed by atoms with Gasteiger partial charge in [0.2, 0.25) is 0 Å². The van der Waals surface area contributed by atoms with Gasteiger partial charge in [0.05, 0.1) is 24.8 Å². The predicted molar refractivity (Wildman–Crippen MR) is 101 cm³/mol. The summed E-state index contributed by atoms with van der Waals surface area (Å²) in [5, 5.41) is 0.339. The van der Waals surface area contributed by atoms with Gasteiger partial charge in [-0.25, -0.2) is 13.6 Å². The maximum Gasteiger partial charge on any atom is 0.513 e. The first kappa shape index (κ1) is 21.8. The Balaban J connectivity index is 2.37. The summed E-state index contributed by atoms with van der Waals surface area (Å²) in [7, 11) is 1.18. The highest BCUT2D eigenvalue weighted by molar-refractivity contribution is 6.31. The molecule has 0 aliphatic carbocycles. The average Bonchev–Trinajstić information content (AvgIpc) is 2.67. The second-order valence-electron chi connectivity index (χ2n) is 5.65. The van der Waals surface area contributed by atoms with E-state index in [1.807, 2.05) is 6.92 Å². The highest BCUT2D eigenvalue weighted by Crippen LogP contribution is 2.36. The third-order valence-electron chi connectivity index (χ3n) is 3.92. The quantitative estimate of drug-likeness (QED) is 0.394. The molecular weight excluding hydrogens is 394 g/mol. The molecule has 0 saturated heterocycles. The second-order valence-corrected chi connectivity index (χ2v) is 6.05. The van der Waals surface area contributed by atoms with Crippen LogP contribution in [0.15, 0.2) is 30.3 Å². The van der Waals surface area contributed by atoms with E-state index >= 15 is 0 Å². The van der Waals surface area contributed by atoms with E-state index in [0.717, 1.165) is 0 Å². The molecule has 2 aromatic rings. The van der Waals surface area contributed by atoms with Gasteiger partial charge in [0.1, 0.15) is 23.9 Å². The van der Waals surface area contributed by atoms with E-state index in [1.54, 1.807) is 19.1 Å². The molecule has 5 nitrogen and oxygen atoms in total. The fourth-order valence-electron chi connectivity index (χ4n) is 2.54. The molecule has 0 atom stereocenters. The summed E-state index contributed by atoms with van der Waals surface area (Å²) in [4.78, 5) is 11.5. The lowest BCUT2D eigenvalue weighted by Gasteiger charge is -2.17. The highest BCUT2D eigenvalue weighted by atomic mass is 35.5. The molecule has 28 heavy (non-hydrogen) atoms. The van der Waals surface area contributed by atoms with Gasteiger partial charge in [-0.3, -0.25) is 0 Å². The van der Waals surface area contributed by atoms with Crippen LogP contribution in [0.1, 0.15) is 37.0 Å². The van der Waals surface area contributed by atoms with Gasteiger partial charge in [-0.05, 0) is 43.2 Å². The van der Waals surface area contributed by atoms with E-state index in [4.69, 9.17) is 25.8 Å². The topological polar surface area (TPSA) is 54.0 Å². The Morgan fingerprint density at radius 3 is 2.43 bits per heavy atom. The molecule has 0 unspecified atom stereocenters. The summed E-state index contributed by atoms with van der Waals surface area (Å²) >= 11 is 6.15. The van der Waals surface area contributed by atoms with E-state index in [1.165, 1.54) is 25.3 Å². The zero-order valence-corrected chi connectivity index (χ0v) is 16.5. The van der Waals surface area contributed by atoms with E-state index in [0.29, 0.717) is 34.9 Å². The number of ether oxygens (including phenoxy) is 4. The molecule has 0 fully saturated rings. The number of methoxy groups -OCH3 is 1. The van der Waals surface area contributed by atoms with Crippen LogP contribution in [-0.4, -0.2) is 19.9 Å². The van der Waals surface area contributed by atoms with Crippen LogP contribution in [0.4, 0.5) is 13.6 Å².